The van der Waals surface area contributed by atoms with Crippen molar-refractivity contribution in [3.8, 4) is 11.5 Å². The summed E-state index contributed by atoms with van der Waals surface area (Å²) in [6.45, 7) is 2.37. The first kappa shape index (κ1) is 21.0. The molecule has 4 N–H and O–H groups in total. The van der Waals surface area contributed by atoms with Gasteiger partial charge in [0.1, 0.15) is 11.5 Å². The first-order valence-electron chi connectivity index (χ1n) is 12.2. The smallest absolute Gasteiger partial charge is 0.223 e. The van der Waals surface area contributed by atoms with Crippen LogP contribution in [0.1, 0.15) is 48.8 Å². The zero-order valence-corrected chi connectivity index (χ0v) is 18.8. The Morgan fingerprint density at radius 3 is 2.58 bits per heavy atom. The number of carbonyl (C=O) groups excluding carboxylic acids is 1. The number of aliphatic hydroxyl groups is 1. The molecule has 0 radical (unpaired) electrons. The number of likely N-dealkylation sites (tertiary alicyclic amines) is 1. The molecule has 3 aliphatic carbocycles. The second-order valence-corrected chi connectivity index (χ2v) is 10.7. The highest BCUT2D eigenvalue weighted by Crippen LogP contribution is 2.62. The summed E-state index contributed by atoms with van der Waals surface area (Å²) >= 11 is 0. The van der Waals surface area contributed by atoms with Gasteiger partial charge in [0.15, 0.2) is 0 Å². The van der Waals surface area contributed by atoms with Crippen LogP contribution >= 0.6 is 0 Å². The van der Waals surface area contributed by atoms with Crippen LogP contribution in [-0.2, 0) is 23.2 Å². The molecular formula is C27H32N2O4. The number of rotatable bonds is 5. The molecule has 1 heterocycles. The summed E-state index contributed by atoms with van der Waals surface area (Å²) in [5, 5.41) is 35.1. The minimum absolute atomic E-state index is 0.0128. The summed E-state index contributed by atoms with van der Waals surface area (Å²) in [4.78, 5) is 15.8. The van der Waals surface area contributed by atoms with E-state index in [0.29, 0.717) is 19.4 Å². The highest BCUT2D eigenvalue weighted by atomic mass is 16.3. The maximum atomic E-state index is 13.3. The Hall–Kier alpha value is -2.57. The fraction of sp³-hybridized carbons (Fsp3) is 0.519. The van der Waals surface area contributed by atoms with Crippen molar-refractivity contribution in [2.24, 2.45) is 11.8 Å². The average Bonchev–Trinajstić information content (AvgIpc) is 3.54. The average molecular weight is 449 g/mol. The lowest BCUT2D eigenvalue weighted by Crippen LogP contribution is -2.69. The van der Waals surface area contributed by atoms with Crippen molar-refractivity contribution >= 4 is 5.91 Å². The monoisotopic (exact) mass is 448 g/mol. The molecule has 2 aromatic carbocycles. The normalized spacial score (nSPS) is 32.8. The summed E-state index contributed by atoms with van der Waals surface area (Å²) in [6, 6.07) is 12.5. The molecule has 3 fully saturated rings. The molecule has 6 rings (SSSR count). The fourth-order valence-electron chi connectivity index (χ4n) is 6.96. The van der Waals surface area contributed by atoms with Crippen LogP contribution in [0.3, 0.4) is 0 Å². The van der Waals surface area contributed by atoms with Crippen LogP contribution < -0.4 is 5.32 Å². The Morgan fingerprint density at radius 1 is 1.06 bits per heavy atom. The number of hydrogen-bond donors (Lipinski definition) is 4. The largest absolute Gasteiger partial charge is 0.508 e. The molecule has 1 amide bonds. The van der Waals surface area contributed by atoms with Crippen LogP contribution in [0.4, 0.5) is 0 Å². The molecule has 2 saturated carbocycles. The number of benzene rings is 2. The summed E-state index contributed by atoms with van der Waals surface area (Å²) in [5.74, 6) is 0.874. The lowest BCUT2D eigenvalue weighted by Gasteiger charge is -2.59. The van der Waals surface area contributed by atoms with E-state index in [1.165, 1.54) is 18.4 Å². The minimum Gasteiger partial charge on any atom is -0.508 e. The number of fused-ring (bicyclic) bond motifs is 1. The molecule has 2 bridgehead atoms. The quantitative estimate of drug-likeness (QED) is 0.565. The van der Waals surface area contributed by atoms with Gasteiger partial charge in [0, 0.05) is 30.5 Å². The summed E-state index contributed by atoms with van der Waals surface area (Å²) < 4.78 is 0. The van der Waals surface area contributed by atoms with Gasteiger partial charge in [-0.1, -0.05) is 18.2 Å². The lowest BCUT2D eigenvalue weighted by molar-refractivity contribution is -0.134. The van der Waals surface area contributed by atoms with Gasteiger partial charge in [0.25, 0.3) is 0 Å². The maximum Gasteiger partial charge on any atom is 0.223 e. The zero-order valence-electron chi connectivity index (χ0n) is 18.8. The highest BCUT2D eigenvalue weighted by Gasteiger charge is 2.68. The lowest BCUT2D eigenvalue weighted by atomic mass is 9.56. The van der Waals surface area contributed by atoms with Gasteiger partial charge >= 0.3 is 0 Å². The van der Waals surface area contributed by atoms with E-state index < -0.39 is 11.0 Å². The number of hydrogen-bond acceptors (Lipinski definition) is 5. The van der Waals surface area contributed by atoms with Gasteiger partial charge in [-0.3, -0.25) is 9.69 Å². The fourth-order valence-corrected chi connectivity index (χ4v) is 6.96. The molecule has 0 spiro atoms. The summed E-state index contributed by atoms with van der Waals surface area (Å²) in [6.07, 6.45) is 5.19. The number of phenolic OH excluding ortho intramolecular Hbond substituents is 2. The summed E-state index contributed by atoms with van der Waals surface area (Å²) in [7, 11) is 0. The van der Waals surface area contributed by atoms with Gasteiger partial charge in [0.2, 0.25) is 5.91 Å². The third-order valence-electron chi connectivity index (χ3n) is 8.78. The van der Waals surface area contributed by atoms with E-state index in [-0.39, 0.29) is 29.4 Å². The van der Waals surface area contributed by atoms with E-state index >= 15 is 0 Å². The van der Waals surface area contributed by atoms with Crippen LogP contribution in [0, 0.1) is 11.8 Å². The predicted octanol–water partition coefficient (Wildman–Crippen LogP) is 2.83. The Labute approximate surface area is 194 Å². The van der Waals surface area contributed by atoms with Crippen molar-refractivity contribution in [3.05, 3.63) is 59.2 Å². The van der Waals surface area contributed by atoms with Gasteiger partial charge in [-0.25, -0.2) is 0 Å². The second kappa shape index (κ2) is 7.47. The first-order valence-corrected chi connectivity index (χ1v) is 12.2. The third-order valence-corrected chi connectivity index (χ3v) is 8.78. The van der Waals surface area contributed by atoms with E-state index in [0.717, 1.165) is 43.0 Å². The molecule has 0 unspecified atom stereocenters. The second-order valence-electron chi connectivity index (χ2n) is 10.7. The number of aromatic hydroxyl groups is 2. The number of amides is 1. The Balaban J connectivity index is 1.30. The number of piperidine rings is 1. The van der Waals surface area contributed by atoms with Gasteiger partial charge in [0.05, 0.1) is 5.60 Å². The molecule has 4 atom stereocenters. The van der Waals surface area contributed by atoms with Gasteiger partial charge < -0.3 is 20.6 Å². The van der Waals surface area contributed by atoms with Crippen LogP contribution in [0.25, 0.3) is 0 Å². The number of nitrogens with one attached hydrogen (secondary N) is 1. The van der Waals surface area contributed by atoms with E-state index in [2.05, 4.69) is 10.2 Å². The Kier molecular flexibility index (Phi) is 4.75. The van der Waals surface area contributed by atoms with E-state index in [1.54, 1.807) is 30.3 Å². The number of carbonyl (C=O) groups is 1. The number of phenols is 2. The molecular weight excluding hydrogens is 416 g/mol. The van der Waals surface area contributed by atoms with E-state index in [4.69, 9.17) is 0 Å². The van der Waals surface area contributed by atoms with Crippen molar-refractivity contribution in [3.63, 3.8) is 0 Å². The molecule has 0 aromatic heterocycles. The molecule has 174 valence electrons. The molecule has 6 heteroatoms. The van der Waals surface area contributed by atoms with E-state index in [1.807, 2.05) is 12.1 Å². The van der Waals surface area contributed by atoms with Crippen LogP contribution in [0.5, 0.6) is 11.5 Å². The van der Waals surface area contributed by atoms with Crippen molar-refractivity contribution in [2.45, 2.75) is 62.1 Å². The minimum atomic E-state index is -0.971. The van der Waals surface area contributed by atoms with Crippen LogP contribution in [-0.4, -0.2) is 50.9 Å². The predicted molar refractivity (Wildman–Crippen MR) is 124 cm³/mol. The topological polar surface area (TPSA) is 93.0 Å². The Bertz CT molecular complexity index is 1080. The third kappa shape index (κ3) is 3.34. The molecule has 4 aliphatic rings. The molecule has 6 nitrogen and oxygen atoms in total. The van der Waals surface area contributed by atoms with Crippen LogP contribution in [0.2, 0.25) is 0 Å². The Morgan fingerprint density at radius 2 is 1.82 bits per heavy atom. The molecule has 1 aliphatic heterocycles. The maximum absolute atomic E-state index is 13.3. The van der Waals surface area contributed by atoms with Crippen molar-refractivity contribution in [2.75, 3.05) is 13.1 Å². The first-order chi connectivity index (χ1) is 15.9. The van der Waals surface area contributed by atoms with Crippen LogP contribution in [0.15, 0.2) is 42.5 Å². The van der Waals surface area contributed by atoms with E-state index in [9.17, 15) is 20.1 Å². The highest BCUT2D eigenvalue weighted by molar-refractivity contribution is 5.80. The SMILES string of the molecule is O=C(NCc1ccc(O)cc1)[C@@H]1C[C@]23CCN(CC4CC4)[C@H](Cc4ccc(O)cc42)[C@]3(O)C1. The van der Waals surface area contributed by atoms with Crippen molar-refractivity contribution in [1.82, 2.24) is 10.2 Å². The molecule has 1 saturated heterocycles. The summed E-state index contributed by atoms with van der Waals surface area (Å²) in [5.41, 5.74) is 1.71. The van der Waals surface area contributed by atoms with Crippen molar-refractivity contribution < 1.29 is 20.1 Å². The molecule has 33 heavy (non-hydrogen) atoms. The van der Waals surface area contributed by atoms with Gasteiger partial charge in [-0.05, 0) is 91.9 Å². The molecule has 2 aromatic rings. The zero-order chi connectivity index (χ0) is 22.8. The standard InChI is InChI=1S/C27H32N2O4/c30-21-6-3-17(4-7-21)15-28-25(32)20-13-26-9-10-29(16-18-1-2-18)24(27(26,33)14-20)11-19-5-8-22(31)12-23(19)26/h3-8,12,18,20,24,30-31,33H,1-2,9-11,13-16H2,(H,28,32)/t20-,24-,26-,27-/m1/s1. The van der Waals surface area contributed by atoms with Gasteiger partial charge in [-0.2, -0.15) is 0 Å². The van der Waals surface area contributed by atoms with Gasteiger partial charge in [-0.15, -0.1) is 0 Å². The number of nitrogens with zero attached hydrogens (tertiary/aromatic N) is 1. The van der Waals surface area contributed by atoms with Crippen molar-refractivity contribution in [1.29, 1.82) is 0 Å².